The summed E-state index contributed by atoms with van der Waals surface area (Å²) in [6.45, 7) is 1.74. The zero-order valence-corrected chi connectivity index (χ0v) is 7.64. The molecule has 4 nitrogen and oxygen atoms in total. The van der Waals surface area contributed by atoms with Crippen LogP contribution in [0.15, 0.2) is 36.4 Å². The van der Waals surface area contributed by atoms with Crippen molar-refractivity contribution in [2.24, 2.45) is 0 Å². The minimum atomic E-state index is -0.496. The fourth-order valence-corrected chi connectivity index (χ4v) is 0.995. The molecule has 0 aliphatic heterocycles. The minimum absolute atomic E-state index is 0.0120. The molecular weight excluding hydrogens is 182 g/mol. The van der Waals surface area contributed by atoms with Crippen molar-refractivity contribution in [3.05, 3.63) is 52.1 Å². The van der Waals surface area contributed by atoms with Gasteiger partial charge in [-0.25, -0.2) is 0 Å². The fourth-order valence-electron chi connectivity index (χ4n) is 0.995. The Morgan fingerprint density at radius 1 is 1.36 bits per heavy atom. The third-order valence-corrected chi connectivity index (χ3v) is 1.68. The van der Waals surface area contributed by atoms with Crippen molar-refractivity contribution in [1.82, 2.24) is 0 Å². The Bertz CT molecular complexity index is 379. The van der Waals surface area contributed by atoms with E-state index in [0.717, 1.165) is 0 Å². The summed E-state index contributed by atoms with van der Waals surface area (Å²) in [7, 11) is 0. The van der Waals surface area contributed by atoms with E-state index in [0.29, 0.717) is 5.56 Å². The summed E-state index contributed by atoms with van der Waals surface area (Å²) in [4.78, 5) is 21.1. The number of nitro groups is 1. The molecule has 14 heavy (non-hydrogen) atoms. The highest BCUT2D eigenvalue weighted by atomic mass is 16.6. The van der Waals surface area contributed by atoms with Crippen molar-refractivity contribution in [3.8, 4) is 0 Å². The molecule has 72 valence electrons. The minimum Gasteiger partial charge on any atom is -0.289 e. The summed E-state index contributed by atoms with van der Waals surface area (Å²) in [5, 5.41) is 10.3. The Morgan fingerprint density at radius 3 is 2.36 bits per heavy atom. The van der Waals surface area contributed by atoms with Crippen LogP contribution in [0.5, 0.6) is 0 Å². The lowest BCUT2D eigenvalue weighted by molar-refractivity contribution is -0.384. The number of hydrogen-bond acceptors (Lipinski definition) is 3. The first-order valence-corrected chi connectivity index (χ1v) is 4.06. The molecule has 0 saturated heterocycles. The predicted octanol–water partition coefficient (Wildman–Crippen LogP) is 2.35. The summed E-state index contributed by atoms with van der Waals surface area (Å²) in [6.07, 6.45) is 3.05. The van der Waals surface area contributed by atoms with Gasteiger partial charge in [0, 0.05) is 17.7 Å². The van der Waals surface area contributed by atoms with Crippen LogP contribution in [-0.4, -0.2) is 10.7 Å². The number of non-ortho nitro benzene ring substituents is 1. The molecule has 4 heteroatoms. The topological polar surface area (TPSA) is 60.2 Å². The second-order valence-corrected chi connectivity index (χ2v) is 2.67. The van der Waals surface area contributed by atoms with Gasteiger partial charge in [0.05, 0.1) is 4.92 Å². The first-order chi connectivity index (χ1) is 6.65. The molecule has 0 aromatic heterocycles. The van der Waals surface area contributed by atoms with Crippen molar-refractivity contribution in [3.63, 3.8) is 0 Å². The van der Waals surface area contributed by atoms with Gasteiger partial charge in [0.25, 0.3) is 5.69 Å². The summed E-state index contributed by atoms with van der Waals surface area (Å²) in [5.41, 5.74) is 0.440. The largest absolute Gasteiger partial charge is 0.289 e. The van der Waals surface area contributed by atoms with E-state index in [-0.39, 0.29) is 11.5 Å². The SMILES string of the molecule is CC=CC(=O)c1ccc([N+](=O)[O-])cc1. The molecule has 0 amide bonds. The van der Waals surface area contributed by atoms with Crippen molar-refractivity contribution in [2.45, 2.75) is 6.92 Å². The van der Waals surface area contributed by atoms with Crippen LogP contribution >= 0.6 is 0 Å². The van der Waals surface area contributed by atoms with Crippen molar-refractivity contribution in [2.75, 3.05) is 0 Å². The maximum Gasteiger partial charge on any atom is 0.269 e. The average molecular weight is 191 g/mol. The smallest absolute Gasteiger partial charge is 0.269 e. The molecule has 1 aromatic carbocycles. The molecule has 0 spiro atoms. The van der Waals surface area contributed by atoms with E-state index in [1.54, 1.807) is 13.0 Å². The van der Waals surface area contributed by atoms with Crippen LogP contribution in [0.4, 0.5) is 5.69 Å². The standard InChI is InChI=1S/C10H9NO3/c1-2-3-10(12)8-4-6-9(7-5-8)11(13)14/h2-7H,1H3. The number of hydrogen-bond donors (Lipinski definition) is 0. The van der Waals surface area contributed by atoms with E-state index in [1.807, 2.05) is 0 Å². The van der Waals surface area contributed by atoms with Gasteiger partial charge < -0.3 is 0 Å². The highest BCUT2D eigenvalue weighted by Crippen LogP contribution is 2.12. The van der Waals surface area contributed by atoms with Crippen molar-refractivity contribution in [1.29, 1.82) is 0 Å². The number of ketones is 1. The van der Waals surface area contributed by atoms with Gasteiger partial charge in [-0.3, -0.25) is 14.9 Å². The zero-order valence-electron chi connectivity index (χ0n) is 7.64. The van der Waals surface area contributed by atoms with Crippen LogP contribution in [0.25, 0.3) is 0 Å². The van der Waals surface area contributed by atoms with Gasteiger partial charge in [-0.05, 0) is 25.1 Å². The molecule has 1 aromatic rings. The molecule has 0 saturated carbocycles. The molecule has 0 unspecified atom stereocenters. The van der Waals surface area contributed by atoms with Crippen LogP contribution in [-0.2, 0) is 0 Å². The van der Waals surface area contributed by atoms with Crippen LogP contribution in [0.3, 0.4) is 0 Å². The Morgan fingerprint density at radius 2 is 1.93 bits per heavy atom. The van der Waals surface area contributed by atoms with Crippen LogP contribution in [0, 0.1) is 10.1 Å². The van der Waals surface area contributed by atoms with E-state index in [1.165, 1.54) is 30.3 Å². The Kier molecular flexibility index (Phi) is 3.12. The van der Waals surface area contributed by atoms with Gasteiger partial charge in [-0.2, -0.15) is 0 Å². The van der Waals surface area contributed by atoms with Gasteiger partial charge in [0.15, 0.2) is 5.78 Å². The van der Waals surface area contributed by atoms with E-state index < -0.39 is 4.92 Å². The molecule has 0 atom stereocenters. The molecule has 0 aliphatic rings. The second-order valence-electron chi connectivity index (χ2n) is 2.67. The molecule has 0 fully saturated rings. The van der Waals surface area contributed by atoms with Gasteiger partial charge in [0.2, 0.25) is 0 Å². The van der Waals surface area contributed by atoms with Crippen LogP contribution < -0.4 is 0 Å². The molecule has 0 N–H and O–H groups in total. The monoisotopic (exact) mass is 191 g/mol. The molecular formula is C10H9NO3. The Labute approximate surface area is 81.0 Å². The van der Waals surface area contributed by atoms with E-state index in [4.69, 9.17) is 0 Å². The first-order valence-electron chi connectivity index (χ1n) is 4.06. The lowest BCUT2D eigenvalue weighted by Crippen LogP contribution is -1.94. The van der Waals surface area contributed by atoms with Crippen LogP contribution in [0.2, 0.25) is 0 Å². The second kappa shape index (κ2) is 4.32. The normalized spacial score (nSPS) is 10.4. The number of nitro benzene ring substituents is 1. The summed E-state index contributed by atoms with van der Waals surface area (Å²) in [6, 6.07) is 5.52. The lowest BCUT2D eigenvalue weighted by Gasteiger charge is -1.94. The molecule has 1 rings (SSSR count). The number of benzene rings is 1. The average Bonchev–Trinajstić information content (AvgIpc) is 2.18. The van der Waals surface area contributed by atoms with Gasteiger partial charge in [-0.1, -0.05) is 6.08 Å². The number of nitrogens with zero attached hydrogens (tertiary/aromatic N) is 1. The van der Waals surface area contributed by atoms with Gasteiger partial charge >= 0.3 is 0 Å². The van der Waals surface area contributed by atoms with E-state index in [2.05, 4.69) is 0 Å². The molecule has 0 radical (unpaired) electrons. The first kappa shape index (κ1) is 10.1. The number of carbonyl (C=O) groups is 1. The maximum absolute atomic E-state index is 11.3. The number of allylic oxidation sites excluding steroid dienone is 2. The quantitative estimate of drug-likeness (QED) is 0.319. The third kappa shape index (κ3) is 2.26. The Hall–Kier alpha value is -1.97. The molecule has 0 bridgehead atoms. The number of carbonyl (C=O) groups excluding carboxylic acids is 1. The number of rotatable bonds is 3. The van der Waals surface area contributed by atoms with Crippen LogP contribution in [0.1, 0.15) is 17.3 Å². The van der Waals surface area contributed by atoms with Gasteiger partial charge in [0.1, 0.15) is 0 Å². The Balaban J connectivity index is 2.94. The van der Waals surface area contributed by atoms with Crippen molar-refractivity contribution < 1.29 is 9.72 Å². The maximum atomic E-state index is 11.3. The summed E-state index contributed by atoms with van der Waals surface area (Å²) < 4.78 is 0. The summed E-state index contributed by atoms with van der Waals surface area (Å²) in [5.74, 6) is -0.151. The summed E-state index contributed by atoms with van der Waals surface area (Å²) >= 11 is 0. The molecule has 0 aliphatic carbocycles. The molecule has 0 heterocycles. The highest BCUT2D eigenvalue weighted by Gasteiger charge is 2.06. The zero-order chi connectivity index (χ0) is 10.6. The van der Waals surface area contributed by atoms with Gasteiger partial charge in [-0.15, -0.1) is 0 Å². The highest BCUT2D eigenvalue weighted by molar-refractivity contribution is 6.04. The third-order valence-electron chi connectivity index (χ3n) is 1.68. The fraction of sp³-hybridized carbons (Fsp3) is 0.100. The van der Waals surface area contributed by atoms with E-state index >= 15 is 0 Å². The van der Waals surface area contributed by atoms with E-state index in [9.17, 15) is 14.9 Å². The lowest BCUT2D eigenvalue weighted by atomic mass is 10.1. The predicted molar refractivity (Wildman–Crippen MR) is 52.2 cm³/mol. The van der Waals surface area contributed by atoms with Crippen molar-refractivity contribution >= 4 is 11.5 Å².